The van der Waals surface area contributed by atoms with Gasteiger partial charge in [-0.25, -0.2) is 4.98 Å². The van der Waals surface area contributed by atoms with E-state index in [0.29, 0.717) is 11.8 Å². The Kier molecular flexibility index (Phi) is 5.26. The fourth-order valence-electron chi connectivity index (χ4n) is 2.01. The molecular formula is C14H23ClN2. The standard InChI is InChI=1S/C14H23ClN2/c1-6-10(2)9-17(5)14-13(8-15)11(3)7-12(4)16-14/h7,10H,6,8-9H2,1-5H3. The number of aromatic nitrogens is 1. The monoisotopic (exact) mass is 254 g/mol. The van der Waals surface area contributed by atoms with Crippen LogP contribution in [0.3, 0.4) is 0 Å². The molecule has 0 fully saturated rings. The molecule has 0 saturated heterocycles. The Morgan fingerprint density at radius 3 is 2.59 bits per heavy atom. The third-order valence-corrected chi connectivity index (χ3v) is 3.50. The molecule has 17 heavy (non-hydrogen) atoms. The summed E-state index contributed by atoms with van der Waals surface area (Å²) in [7, 11) is 2.10. The second kappa shape index (κ2) is 6.25. The maximum absolute atomic E-state index is 6.04. The highest BCUT2D eigenvalue weighted by atomic mass is 35.5. The first-order chi connectivity index (χ1) is 7.99. The van der Waals surface area contributed by atoms with E-state index in [1.807, 2.05) is 6.92 Å². The summed E-state index contributed by atoms with van der Waals surface area (Å²) in [6, 6.07) is 2.10. The van der Waals surface area contributed by atoms with Crippen LogP contribution in [0.2, 0.25) is 0 Å². The van der Waals surface area contributed by atoms with Gasteiger partial charge in [-0.15, -0.1) is 11.6 Å². The van der Waals surface area contributed by atoms with Crippen molar-refractivity contribution in [3.63, 3.8) is 0 Å². The summed E-state index contributed by atoms with van der Waals surface area (Å²) < 4.78 is 0. The van der Waals surface area contributed by atoms with E-state index in [4.69, 9.17) is 11.6 Å². The Morgan fingerprint density at radius 1 is 1.41 bits per heavy atom. The highest BCUT2D eigenvalue weighted by Gasteiger charge is 2.13. The molecule has 0 radical (unpaired) electrons. The van der Waals surface area contributed by atoms with E-state index in [2.05, 4.69) is 43.8 Å². The van der Waals surface area contributed by atoms with Gasteiger partial charge in [0, 0.05) is 24.8 Å². The minimum absolute atomic E-state index is 0.527. The van der Waals surface area contributed by atoms with Crippen molar-refractivity contribution in [3.05, 3.63) is 22.9 Å². The van der Waals surface area contributed by atoms with Crippen LogP contribution in [0.25, 0.3) is 0 Å². The molecule has 96 valence electrons. The SMILES string of the molecule is CCC(C)CN(C)c1nc(C)cc(C)c1CCl. The van der Waals surface area contributed by atoms with Crippen molar-refractivity contribution in [1.29, 1.82) is 0 Å². The molecule has 3 heteroatoms. The van der Waals surface area contributed by atoms with Crippen LogP contribution in [0.1, 0.15) is 37.1 Å². The summed E-state index contributed by atoms with van der Waals surface area (Å²) in [5, 5.41) is 0. The molecule has 2 nitrogen and oxygen atoms in total. The van der Waals surface area contributed by atoms with E-state index in [9.17, 15) is 0 Å². The summed E-state index contributed by atoms with van der Waals surface area (Å²) in [5.41, 5.74) is 3.45. The molecule has 1 unspecified atom stereocenters. The fourth-order valence-corrected chi connectivity index (χ4v) is 2.34. The van der Waals surface area contributed by atoms with Crippen LogP contribution in [0.4, 0.5) is 5.82 Å². The average Bonchev–Trinajstić information content (AvgIpc) is 2.27. The molecule has 0 bridgehead atoms. The van der Waals surface area contributed by atoms with Gasteiger partial charge in [0.2, 0.25) is 0 Å². The first-order valence-corrected chi connectivity index (χ1v) is 6.77. The summed E-state index contributed by atoms with van der Waals surface area (Å²) in [5.74, 6) is 2.24. The van der Waals surface area contributed by atoms with Crippen LogP contribution in [0.5, 0.6) is 0 Å². The Bertz CT molecular complexity index is 377. The third kappa shape index (κ3) is 3.60. The third-order valence-electron chi connectivity index (χ3n) is 3.23. The van der Waals surface area contributed by atoms with Crippen LogP contribution < -0.4 is 4.90 Å². The lowest BCUT2D eigenvalue weighted by Gasteiger charge is -2.25. The number of alkyl halides is 1. The lowest BCUT2D eigenvalue weighted by Crippen LogP contribution is -2.26. The van der Waals surface area contributed by atoms with E-state index < -0.39 is 0 Å². The molecule has 0 saturated carbocycles. The number of aryl methyl sites for hydroxylation is 2. The quantitative estimate of drug-likeness (QED) is 0.741. The maximum Gasteiger partial charge on any atom is 0.133 e. The molecule has 0 N–H and O–H groups in total. The number of hydrogen-bond acceptors (Lipinski definition) is 2. The lowest BCUT2D eigenvalue weighted by molar-refractivity contribution is 0.557. The molecule has 1 atom stereocenters. The minimum atomic E-state index is 0.527. The number of anilines is 1. The molecule has 1 aromatic rings. The Morgan fingerprint density at radius 2 is 2.06 bits per heavy atom. The van der Waals surface area contributed by atoms with Gasteiger partial charge in [0.15, 0.2) is 0 Å². The predicted molar refractivity (Wildman–Crippen MR) is 76.0 cm³/mol. The van der Waals surface area contributed by atoms with Crippen molar-refractivity contribution in [2.45, 2.75) is 40.0 Å². The van der Waals surface area contributed by atoms with Crippen LogP contribution in [-0.2, 0) is 5.88 Å². The van der Waals surface area contributed by atoms with Crippen molar-refractivity contribution in [3.8, 4) is 0 Å². The van der Waals surface area contributed by atoms with Crippen molar-refractivity contribution >= 4 is 17.4 Å². The topological polar surface area (TPSA) is 16.1 Å². The molecule has 1 aromatic heterocycles. The summed E-state index contributed by atoms with van der Waals surface area (Å²) in [6.07, 6.45) is 1.19. The van der Waals surface area contributed by atoms with Gasteiger partial charge in [-0.05, 0) is 31.4 Å². The fraction of sp³-hybridized carbons (Fsp3) is 0.643. The van der Waals surface area contributed by atoms with Gasteiger partial charge in [0.1, 0.15) is 5.82 Å². The molecule has 0 spiro atoms. The number of nitrogens with zero attached hydrogens (tertiary/aromatic N) is 2. The summed E-state index contributed by atoms with van der Waals surface area (Å²) in [4.78, 5) is 6.86. The van der Waals surface area contributed by atoms with Crippen LogP contribution >= 0.6 is 11.6 Å². The Balaban J connectivity index is 3.02. The molecule has 0 aliphatic heterocycles. The average molecular weight is 255 g/mol. The van der Waals surface area contributed by atoms with Crippen molar-refractivity contribution in [2.75, 3.05) is 18.5 Å². The zero-order valence-corrected chi connectivity index (χ0v) is 12.3. The smallest absolute Gasteiger partial charge is 0.133 e. The van der Waals surface area contributed by atoms with Gasteiger partial charge in [0.05, 0.1) is 5.88 Å². The van der Waals surface area contributed by atoms with E-state index in [-0.39, 0.29) is 0 Å². The van der Waals surface area contributed by atoms with Crippen LogP contribution in [-0.4, -0.2) is 18.6 Å². The van der Waals surface area contributed by atoms with Gasteiger partial charge in [-0.1, -0.05) is 20.3 Å². The molecule has 1 rings (SSSR count). The van der Waals surface area contributed by atoms with Crippen molar-refractivity contribution in [2.24, 2.45) is 5.92 Å². The number of halogens is 1. The molecule has 0 aromatic carbocycles. The molecule has 0 aliphatic carbocycles. The molecule has 1 heterocycles. The van der Waals surface area contributed by atoms with Crippen molar-refractivity contribution in [1.82, 2.24) is 4.98 Å². The molecule has 0 aliphatic rings. The van der Waals surface area contributed by atoms with E-state index in [1.165, 1.54) is 12.0 Å². The van der Waals surface area contributed by atoms with Gasteiger partial charge in [0.25, 0.3) is 0 Å². The second-order valence-corrected chi connectivity index (χ2v) is 5.18. The van der Waals surface area contributed by atoms with E-state index in [1.54, 1.807) is 0 Å². The van der Waals surface area contributed by atoms with Crippen molar-refractivity contribution < 1.29 is 0 Å². The van der Waals surface area contributed by atoms with Gasteiger partial charge in [-0.2, -0.15) is 0 Å². The van der Waals surface area contributed by atoms with E-state index >= 15 is 0 Å². The highest BCUT2D eigenvalue weighted by Crippen LogP contribution is 2.24. The van der Waals surface area contributed by atoms with E-state index in [0.717, 1.165) is 23.6 Å². The normalized spacial score (nSPS) is 12.6. The summed E-state index contributed by atoms with van der Waals surface area (Å²) in [6.45, 7) is 9.64. The second-order valence-electron chi connectivity index (χ2n) is 4.91. The number of rotatable bonds is 5. The highest BCUT2D eigenvalue weighted by molar-refractivity contribution is 6.17. The zero-order valence-electron chi connectivity index (χ0n) is 11.5. The Labute approximate surface area is 110 Å². The molecule has 0 amide bonds. The lowest BCUT2D eigenvalue weighted by atomic mass is 10.1. The Hall–Kier alpha value is -0.760. The number of hydrogen-bond donors (Lipinski definition) is 0. The first-order valence-electron chi connectivity index (χ1n) is 6.23. The largest absolute Gasteiger partial charge is 0.359 e. The van der Waals surface area contributed by atoms with Gasteiger partial charge >= 0.3 is 0 Å². The predicted octanol–water partition coefficient (Wildman–Crippen LogP) is 3.92. The van der Waals surface area contributed by atoms with Crippen LogP contribution in [0.15, 0.2) is 6.07 Å². The van der Waals surface area contributed by atoms with Gasteiger partial charge < -0.3 is 4.90 Å². The minimum Gasteiger partial charge on any atom is -0.359 e. The van der Waals surface area contributed by atoms with Crippen LogP contribution in [0, 0.1) is 19.8 Å². The summed E-state index contributed by atoms with van der Waals surface area (Å²) >= 11 is 6.04. The first kappa shape index (κ1) is 14.3. The maximum atomic E-state index is 6.04. The van der Waals surface area contributed by atoms with Gasteiger partial charge in [-0.3, -0.25) is 0 Å². The molecular weight excluding hydrogens is 232 g/mol. The zero-order chi connectivity index (χ0) is 13.0. The number of pyridine rings is 1.